The van der Waals surface area contributed by atoms with Gasteiger partial charge in [0.05, 0.1) is 73.6 Å². The van der Waals surface area contributed by atoms with Gasteiger partial charge in [0.25, 0.3) is 0 Å². The van der Waals surface area contributed by atoms with Gasteiger partial charge in [-0.25, -0.2) is 4.79 Å². The van der Waals surface area contributed by atoms with E-state index in [2.05, 4.69) is 0 Å². The fourth-order valence-corrected chi connectivity index (χ4v) is 12.0. The number of ether oxygens (including phenoxy) is 9. The van der Waals surface area contributed by atoms with Crippen molar-refractivity contribution in [3.63, 3.8) is 0 Å². The Kier molecular flexibility index (Phi) is 20.4. The van der Waals surface area contributed by atoms with Crippen LogP contribution in [0.1, 0.15) is 83.5 Å². The van der Waals surface area contributed by atoms with Gasteiger partial charge in [0.15, 0.2) is 18.9 Å². The molecule has 0 aromatic rings. The molecule has 0 amide bonds. The molecule has 4 saturated carbocycles. The lowest BCUT2D eigenvalue weighted by molar-refractivity contribution is -0.380. The van der Waals surface area contributed by atoms with E-state index < -0.39 is 203 Å². The van der Waals surface area contributed by atoms with E-state index in [1.54, 1.807) is 0 Å². The summed E-state index contributed by atoms with van der Waals surface area (Å²) < 4.78 is 54.7. The molecule has 430 valence electrons. The molecule has 4 aliphatic carbocycles. The van der Waals surface area contributed by atoms with Gasteiger partial charge in [-0.15, -0.1) is 0 Å². The first-order valence-corrected chi connectivity index (χ1v) is 26.4. The van der Waals surface area contributed by atoms with Crippen LogP contribution in [0.25, 0.3) is 0 Å². The molecule has 0 aromatic carbocycles. The maximum absolute atomic E-state index is 13.0. The van der Waals surface area contributed by atoms with Crippen molar-refractivity contribution in [2.75, 3.05) is 19.8 Å². The van der Waals surface area contributed by atoms with Crippen LogP contribution in [0, 0.1) is 23.7 Å². The van der Waals surface area contributed by atoms with Crippen LogP contribution in [0.3, 0.4) is 0 Å². The van der Waals surface area contributed by atoms with Gasteiger partial charge in [0.2, 0.25) is 0 Å². The summed E-state index contributed by atoms with van der Waals surface area (Å²) in [6.45, 7) is -2.04. The third-order valence-corrected chi connectivity index (χ3v) is 16.7. The summed E-state index contributed by atoms with van der Waals surface area (Å²) in [5.41, 5.74) is 0. The van der Waals surface area contributed by atoms with Crippen molar-refractivity contribution in [2.45, 2.75) is 237 Å². The van der Waals surface area contributed by atoms with Crippen molar-refractivity contribution in [3.8, 4) is 0 Å². The lowest BCUT2D eigenvalue weighted by Crippen LogP contribution is -2.66. The molecule has 0 aromatic heterocycles. The highest BCUT2D eigenvalue weighted by Crippen LogP contribution is 2.45. The van der Waals surface area contributed by atoms with Gasteiger partial charge >= 0.3 is 11.9 Å². The normalized spacial score (nSPS) is 49.9. The number of rotatable bonds is 15. The molecular weight excluding hydrogens is 1000 g/mol. The minimum absolute atomic E-state index is 0.0205. The molecule has 15 N–H and O–H groups in total. The zero-order valence-electron chi connectivity index (χ0n) is 41.4. The Hall–Kier alpha value is -2.20. The highest BCUT2D eigenvalue weighted by atomic mass is 16.8. The summed E-state index contributed by atoms with van der Waals surface area (Å²) in [6, 6.07) is 0. The molecule has 4 aliphatic heterocycles. The van der Waals surface area contributed by atoms with Crippen molar-refractivity contribution < 1.29 is 129 Å². The van der Waals surface area contributed by atoms with Crippen molar-refractivity contribution in [1.29, 1.82) is 0 Å². The number of carbonyl (C=O) groups excluding carboxylic acids is 2. The maximum Gasteiger partial charge on any atom is 0.330 e. The van der Waals surface area contributed by atoms with Gasteiger partial charge < -0.3 is 119 Å². The van der Waals surface area contributed by atoms with E-state index in [1.165, 1.54) is 6.08 Å². The van der Waals surface area contributed by atoms with Crippen LogP contribution in [0.5, 0.6) is 0 Å². The first-order chi connectivity index (χ1) is 35.7. The molecule has 4 heterocycles. The van der Waals surface area contributed by atoms with Crippen LogP contribution in [-0.4, -0.2) is 262 Å². The van der Waals surface area contributed by atoms with Gasteiger partial charge in [-0.05, 0) is 88.9 Å². The van der Waals surface area contributed by atoms with Gasteiger partial charge in [-0.1, -0.05) is 6.08 Å². The van der Waals surface area contributed by atoms with Crippen LogP contribution < -0.4 is 0 Å². The van der Waals surface area contributed by atoms with E-state index >= 15 is 0 Å². The molecule has 8 rings (SSSR count). The molecule has 27 unspecified atom stereocenters. The second-order valence-electron chi connectivity index (χ2n) is 21.9. The van der Waals surface area contributed by atoms with E-state index in [9.17, 15) is 86.2 Å². The Balaban J connectivity index is 1.05. The lowest BCUT2D eigenvalue weighted by atomic mass is 9.72. The molecule has 75 heavy (non-hydrogen) atoms. The zero-order valence-corrected chi connectivity index (χ0v) is 41.4. The summed E-state index contributed by atoms with van der Waals surface area (Å²) in [5.74, 6) is -3.58. The topological polar surface area (TPSA) is 421 Å². The quantitative estimate of drug-likeness (QED) is 0.0537. The largest absolute Gasteiger partial charge is 0.463 e. The second-order valence-corrected chi connectivity index (χ2v) is 21.9. The van der Waals surface area contributed by atoms with Crippen molar-refractivity contribution >= 4 is 11.9 Å². The van der Waals surface area contributed by atoms with Crippen LogP contribution in [0.2, 0.25) is 0 Å². The average Bonchev–Trinajstić information content (AvgIpc) is 3.39. The average molecular weight is 1080 g/mol. The molecule has 8 aliphatic rings. The zero-order chi connectivity index (χ0) is 54.0. The number of aliphatic hydroxyl groups excluding tert-OH is 15. The Labute approximate surface area is 432 Å². The van der Waals surface area contributed by atoms with Crippen molar-refractivity contribution in [3.05, 3.63) is 12.2 Å². The smallest absolute Gasteiger partial charge is 0.330 e. The third-order valence-electron chi connectivity index (χ3n) is 16.7. The standard InChI is InChI=1S/C49H78O26/c50-16-32-36(58)39(61)42(64)47(72-32)70-30-14-23(52)13-29-24(30)15-31(44(69-29)21-5-9-26(54)28(56)12-21)71-49-45(41(63)38(60)33(74-49)17-67-35(57)10-2-19-1-8-25(53)27(55)11-19)75-48-43(65)40(62)37(59)34(73-48)18-68-46(66)20-3-6-22(51)7-4-20/h2,10,19-34,36-45,47-56,58-65H,1,3-9,11-18H2. The number of fused-ring (bicyclic) bond motifs is 1. The second kappa shape index (κ2) is 25.9. The Bertz CT molecular complexity index is 1860. The third kappa shape index (κ3) is 13.9. The predicted octanol–water partition coefficient (Wildman–Crippen LogP) is -5.64. The van der Waals surface area contributed by atoms with E-state index in [0.717, 1.165) is 6.08 Å². The number of hydrogen-bond acceptors (Lipinski definition) is 26. The molecule has 26 nitrogen and oxygen atoms in total. The first-order valence-electron chi connectivity index (χ1n) is 26.4. The van der Waals surface area contributed by atoms with Crippen molar-refractivity contribution in [2.24, 2.45) is 23.7 Å². The Morgan fingerprint density at radius 3 is 1.71 bits per heavy atom. The van der Waals surface area contributed by atoms with Crippen LogP contribution in [-0.2, 0) is 52.2 Å². The molecule has 0 bridgehead atoms. The minimum atomic E-state index is -2.04. The number of allylic oxidation sites excluding steroid dienone is 1. The molecule has 4 saturated heterocycles. The summed E-state index contributed by atoms with van der Waals surface area (Å²) in [4.78, 5) is 26.0. The SMILES string of the molecule is O=C(C=CC1CCC(O)C(O)C1)OCC1OC(OC2CC3C(OC4OC(CO)C(O)C(O)C4O)CC(O)CC3OC2C2CCC(O)C(O)C2)C(OC2OC(COC(=O)C3CCC(O)CC3)C(O)C(O)C2O)C(O)C1O. The highest BCUT2D eigenvalue weighted by molar-refractivity contribution is 5.81. The van der Waals surface area contributed by atoms with Crippen LogP contribution in [0.15, 0.2) is 12.2 Å². The van der Waals surface area contributed by atoms with E-state index in [0.29, 0.717) is 44.9 Å². The Morgan fingerprint density at radius 2 is 1.05 bits per heavy atom. The van der Waals surface area contributed by atoms with Crippen LogP contribution in [0.4, 0.5) is 0 Å². The fraction of sp³-hybridized carbons (Fsp3) is 0.918. The molecule has 8 fully saturated rings. The summed E-state index contributed by atoms with van der Waals surface area (Å²) in [5, 5.41) is 161. The van der Waals surface area contributed by atoms with E-state index in [4.69, 9.17) is 42.6 Å². The number of hydrogen-bond donors (Lipinski definition) is 15. The minimum Gasteiger partial charge on any atom is -0.463 e. The lowest BCUT2D eigenvalue weighted by Gasteiger charge is -2.53. The molecule has 0 radical (unpaired) electrons. The van der Waals surface area contributed by atoms with Gasteiger partial charge in [0.1, 0.15) is 86.5 Å². The van der Waals surface area contributed by atoms with Gasteiger partial charge in [0, 0.05) is 18.4 Å². The highest BCUT2D eigenvalue weighted by Gasteiger charge is 2.56. The van der Waals surface area contributed by atoms with Crippen LogP contribution >= 0.6 is 0 Å². The molecular formula is C49H78O26. The molecule has 26 heteroatoms. The monoisotopic (exact) mass is 1080 g/mol. The maximum atomic E-state index is 13.0. The number of aliphatic hydroxyl groups is 15. The summed E-state index contributed by atoms with van der Waals surface area (Å²) >= 11 is 0. The van der Waals surface area contributed by atoms with E-state index in [1.807, 2.05) is 0 Å². The van der Waals surface area contributed by atoms with E-state index in [-0.39, 0.29) is 44.4 Å². The summed E-state index contributed by atoms with van der Waals surface area (Å²) in [6.07, 6.45) is -30.7. The predicted molar refractivity (Wildman–Crippen MR) is 245 cm³/mol. The molecule has 0 spiro atoms. The number of carbonyl (C=O) groups is 2. The Morgan fingerprint density at radius 1 is 0.480 bits per heavy atom. The summed E-state index contributed by atoms with van der Waals surface area (Å²) in [7, 11) is 0. The number of esters is 2. The first kappa shape index (κ1) is 58.9. The van der Waals surface area contributed by atoms with Gasteiger partial charge in [-0.3, -0.25) is 4.79 Å². The fourth-order valence-electron chi connectivity index (χ4n) is 12.0. The van der Waals surface area contributed by atoms with Gasteiger partial charge in [-0.2, -0.15) is 0 Å². The van der Waals surface area contributed by atoms with Crippen molar-refractivity contribution in [1.82, 2.24) is 0 Å². The molecule has 27 atom stereocenters.